The molecule has 0 aliphatic carbocycles. The monoisotopic (exact) mass is 331 g/mol. The summed E-state index contributed by atoms with van der Waals surface area (Å²) in [5.41, 5.74) is 0.549. The van der Waals surface area contributed by atoms with Crippen LogP contribution in [0.15, 0.2) is 24.3 Å². The van der Waals surface area contributed by atoms with Crippen LogP contribution < -0.4 is 5.32 Å². The number of rotatable bonds is 7. The number of benzene rings is 1. The van der Waals surface area contributed by atoms with Crippen molar-refractivity contribution >= 4 is 33.4 Å². The molecule has 100 valence electrons. The van der Waals surface area contributed by atoms with Crippen molar-refractivity contribution in [3.63, 3.8) is 0 Å². The van der Waals surface area contributed by atoms with Crippen molar-refractivity contribution in [3.8, 4) is 0 Å². The van der Waals surface area contributed by atoms with Gasteiger partial charge in [0.05, 0.1) is 10.6 Å². The topological polar surface area (TPSA) is 29.1 Å². The van der Waals surface area contributed by atoms with Crippen LogP contribution in [-0.4, -0.2) is 17.8 Å². The second-order valence-electron chi connectivity index (χ2n) is 4.32. The van der Waals surface area contributed by atoms with E-state index in [1.807, 2.05) is 12.1 Å². The Kier molecular flexibility index (Phi) is 7.36. The van der Waals surface area contributed by atoms with Gasteiger partial charge in [-0.15, -0.1) is 0 Å². The molecule has 1 rings (SSSR count). The molecule has 0 spiro atoms. The van der Waals surface area contributed by atoms with E-state index < -0.39 is 0 Å². The average Bonchev–Trinajstić information content (AvgIpc) is 2.36. The molecule has 1 unspecified atom stereocenters. The van der Waals surface area contributed by atoms with Crippen molar-refractivity contribution in [3.05, 3.63) is 34.9 Å². The first-order valence-corrected chi connectivity index (χ1v) is 7.77. The van der Waals surface area contributed by atoms with Crippen molar-refractivity contribution in [1.82, 2.24) is 5.32 Å². The highest BCUT2D eigenvalue weighted by Crippen LogP contribution is 2.16. The van der Waals surface area contributed by atoms with Gasteiger partial charge in [0.15, 0.2) is 0 Å². The molecule has 0 saturated carbocycles. The van der Waals surface area contributed by atoms with Crippen molar-refractivity contribution in [2.24, 2.45) is 5.92 Å². The summed E-state index contributed by atoms with van der Waals surface area (Å²) in [6.45, 7) is 2.88. The molecule has 1 aromatic carbocycles. The summed E-state index contributed by atoms with van der Waals surface area (Å²) in [7, 11) is 0. The Morgan fingerprint density at radius 2 is 2.11 bits per heavy atom. The molecule has 0 fully saturated rings. The van der Waals surface area contributed by atoms with E-state index >= 15 is 0 Å². The summed E-state index contributed by atoms with van der Waals surface area (Å²) < 4.78 is 0. The third-order valence-electron chi connectivity index (χ3n) is 2.88. The molecule has 2 nitrogen and oxygen atoms in total. The molecule has 1 amide bonds. The van der Waals surface area contributed by atoms with Crippen LogP contribution in [0.1, 0.15) is 36.5 Å². The summed E-state index contributed by atoms with van der Waals surface area (Å²) in [5.74, 6) is 0.442. The molecule has 0 bridgehead atoms. The molecule has 1 aromatic rings. The van der Waals surface area contributed by atoms with E-state index in [2.05, 4.69) is 28.2 Å². The molecule has 0 aliphatic heterocycles. The number of nitrogens with one attached hydrogen (secondary N) is 1. The van der Waals surface area contributed by atoms with Crippen LogP contribution in [0.4, 0.5) is 0 Å². The highest BCUT2D eigenvalue weighted by molar-refractivity contribution is 9.09. The van der Waals surface area contributed by atoms with Crippen LogP contribution in [-0.2, 0) is 0 Å². The van der Waals surface area contributed by atoms with Crippen molar-refractivity contribution in [2.75, 3.05) is 11.9 Å². The first kappa shape index (κ1) is 15.5. The van der Waals surface area contributed by atoms with Gasteiger partial charge in [0.1, 0.15) is 0 Å². The van der Waals surface area contributed by atoms with E-state index in [1.165, 1.54) is 0 Å². The van der Waals surface area contributed by atoms with Gasteiger partial charge in [-0.2, -0.15) is 0 Å². The van der Waals surface area contributed by atoms with Gasteiger partial charge in [-0.25, -0.2) is 0 Å². The summed E-state index contributed by atoms with van der Waals surface area (Å²) in [4.78, 5) is 12.0. The molecule has 0 aromatic heterocycles. The van der Waals surface area contributed by atoms with E-state index in [-0.39, 0.29) is 5.91 Å². The molecule has 1 atom stereocenters. The molecule has 18 heavy (non-hydrogen) atoms. The van der Waals surface area contributed by atoms with E-state index in [4.69, 9.17) is 11.6 Å². The lowest BCUT2D eigenvalue weighted by Crippen LogP contribution is -2.29. The normalized spacial score (nSPS) is 12.2. The number of alkyl halides is 1. The molecular formula is C14H19BrClNO. The first-order valence-electron chi connectivity index (χ1n) is 6.27. The number of amides is 1. The molecule has 1 N–H and O–H groups in total. The third-order valence-corrected chi connectivity index (χ3v) is 3.67. The molecule has 4 heteroatoms. The maximum Gasteiger partial charge on any atom is 0.252 e. The highest BCUT2D eigenvalue weighted by Gasteiger charge is 2.12. The van der Waals surface area contributed by atoms with Crippen LogP contribution in [0.2, 0.25) is 5.02 Å². The van der Waals surface area contributed by atoms with Crippen LogP contribution >= 0.6 is 27.5 Å². The predicted octanol–water partition coefficient (Wildman–Crippen LogP) is 4.27. The van der Waals surface area contributed by atoms with E-state index in [1.54, 1.807) is 12.1 Å². The average molecular weight is 333 g/mol. The largest absolute Gasteiger partial charge is 0.352 e. The zero-order valence-electron chi connectivity index (χ0n) is 10.6. The second kappa shape index (κ2) is 8.54. The van der Waals surface area contributed by atoms with Crippen LogP contribution in [0.5, 0.6) is 0 Å². The Morgan fingerprint density at radius 3 is 2.72 bits per heavy atom. The van der Waals surface area contributed by atoms with Crippen molar-refractivity contribution in [1.29, 1.82) is 0 Å². The Balaban J connectivity index is 2.52. The van der Waals surface area contributed by atoms with Gasteiger partial charge in [0.2, 0.25) is 0 Å². The SMILES string of the molecule is CCCC(CCBr)CNC(=O)c1ccccc1Cl. The minimum absolute atomic E-state index is 0.0868. The number of carbonyl (C=O) groups is 1. The van der Waals surface area contributed by atoms with Gasteiger partial charge in [0.25, 0.3) is 5.91 Å². The molecule has 0 aliphatic rings. The Bertz CT molecular complexity index is 378. The van der Waals surface area contributed by atoms with Crippen molar-refractivity contribution < 1.29 is 4.79 Å². The minimum Gasteiger partial charge on any atom is -0.352 e. The smallest absolute Gasteiger partial charge is 0.252 e. The zero-order chi connectivity index (χ0) is 13.4. The maximum atomic E-state index is 12.0. The maximum absolute atomic E-state index is 12.0. The Hall–Kier alpha value is -0.540. The van der Waals surface area contributed by atoms with Gasteiger partial charge in [-0.1, -0.05) is 53.0 Å². The first-order chi connectivity index (χ1) is 8.69. The number of hydrogen-bond acceptors (Lipinski definition) is 1. The quantitative estimate of drug-likeness (QED) is 0.742. The molecule has 0 radical (unpaired) electrons. The van der Waals surface area contributed by atoms with Gasteiger partial charge in [-0.05, 0) is 30.9 Å². The number of halogens is 2. The number of carbonyl (C=O) groups excluding carboxylic acids is 1. The number of hydrogen-bond donors (Lipinski definition) is 1. The molecule has 0 heterocycles. The lowest BCUT2D eigenvalue weighted by molar-refractivity contribution is 0.0946. The van der Waals surface area contributed by atoms with Crippen LogP contribution in [0.3, 0.4) is 0 Å². The summed E-state index contributed by atoms with van der Waals surface area (Å²) in [6.07, 6.45) is 3.35. The second-order valence-corrected chi connectivity index (χ2v) is 5.52. The predicted molar refractivity (Wildman–Crippen MR) is 80.6 cm³/mol. The Labute approximate surface area is 122 Å². The van der Waals surface area contributed by atoms with Crippen LogP contribution in [0, 0.1) is 5.92 Å². The molecular weight excluding hydrogens is 314 g/mol. The zero-order valence-corrected chi connectivity index (χ0v) is 12.9. The fraction of sp³-hybridized carbons (Fsp3) is 0.500. The standard InChI is InChI=1S/C14H19BrClNO/c1-2-5-11(8-9-15)10-17-14(18)12-6-3-4-7-13(12)16/h3-4,6-7,11H,2,5,8-10H2,1H3,(H,17,18). The summed E-state index contributed by atoms with van der Waals surface area (Å²) in [6, 6.07) is 7.13. The highest BCUT2D eigenvalue weighted by atomic mass is 79.9. The van der Waals surface area contributed by atoms with Gasteiger partial charge < -0.3 is 5.32 Å². The Morgan fingerprint density at radius 1 is 1.39 bits per heavy atom. The van der Waals surface area contributed by atoms with E-state index in [0.717, 1.165) is 24.6 Å². The molecule has 0 saturated heterocycles. The summed E-state index contributed by atoms with van der Waals surface area (Å²) >= 11 is 9.44. The van der Waals surface area contributed by atoms with E-state index in [9.17, 15) is 4.79 Å². The van der Waals surface area contributed by atoms with Gasteiger partial charge >= 0.3 is 0 Å². The lowest BCUT2D eigenvalue weighted by atomic mass is 10.0. The minimum atomic E-state index is -0.0868. The fourth-order valence-corrected chi connectivity index (χ4v) is 2.76. The third kappa shape index (κ3) is 4.99. The van der Waals surface area contributed by atoms with E-state index in [0.29, 0.717) is 23.0 Å². The summed E-state index contributed by atoms with van der Waals surface area (Å²) in [5, 5.41) is 4.44. The van der Waals surface area contributed by atoms with Gasteiger partial charge in [-0.3, -0.25) is 4.79 Å². The van der Waals surface area contributed by atoms with Crippen LogP contribution in [0.25, 0.3) is 0 Å². The van der Waals surface area contributed by atoms with Crippen molar-refractivity contribution in [2.45, 2.75) is 26.2 Å². The lowest BCUT2D eigenvalue weighted by Gasteiger charge is -2.15. The fourth-order valence-electron chi connectivity index (χ4n) is 1.89. The van der Waals surface area contributed by atoms with Gasteiger partial charge in [0, 0.05) is 11.9 Å².